The maximum absolute atomic E-state index is 12.6. The van der Waals surface area contributed by atoms with Crippen LogP contribution in [0.2, 0.25) is 0 Å². The summed E-state index contributed by atoms with van der Waals surface area (Å²) in [4.78, 5) is 14.4. The minimum absolute atomic E-state index is 0.00999. The number of ether oxygens (including phenoxy) is 1. The number of piperidine rings is 1. The van der Waals surface area contributed by atoms with E-state index in [1.807, 2.05) is 4.90 Å². The zero-order chi connectivity index (χ0) is 18.2. The van der Waals surface area contributed by atoms with Crippen LogP contribution in [-0.2, 0) is 21.8 Å². The second-order valence-corrected chi connectivity index (χ2v) is 9.25. The van der Waals surface area contributed by atoms with Crippen LogP contribution >= 0.6 is 0 Å². The first-order chi connectivity index (χ1) is 11.7. The standard InChI is InChI=1S/C16H26N4O4S/c1-18-9-13(8-17-18)15(21)19-6-4-16(5-7-19)12-20(25(3,22)23)10-14(16)11-24-2/h8-9,14H,4-7,10-12H2,1-3H3. The van der Waals surface area contributed by atoms with Crippen LogP contribution in [0.15, 0.2) is 12.4 Å². The lowest BCUT2D eigenvalue weighted by Crippen LogP contribution is -2.47. The fraction of sp³-hybridized carbons (Fsp3) is 0.750. The molecule has 3 heterocycles. The SMILES string of the molecule is COCC1CN(S(C)(=O)=O)CC12CCN(C(=O)c1cnn(C)c1)CC2. The minimum Gasteiger partial charge on any atom is -0.384 e. The second-order valence-electron chi connectivity index (χ2n) is 7.27. The highest BCUT2D eigenvalue weighted by molar-refractivity contribution is 7.88. The van der Waals surface area contributed by atoms with Gasteiger partial charge in [-0.2, -0.15) is 5.10 Å². The number of likely N-dealkylation sites (tertiary alicyclic amines) is 1. The van der Waals surface area contributed by atoms with Gasteiger partial charge >= 0.3 is 0 Å². The smallest absolute Gasteiger partial charge is 0.257 e. The molecule has 1 amide bonds. The molecule has 0 radical (unpaired) electrons. The van der Waals surface area contributed by atoms with Crippen LogP contribution in [0.3, 0.4) is 0 Å². The van der Waals surface area contributed by atoms with Crippen molar-refractivity contribution < 1.29 is 17.9 Å². The van der Waals surface area contributed by atoms with E-state index in [4.69, 9.17) is 4.74 Å². The molecule has 0 N–H and O–H groups in total. The Hall–Kier alpha value is -1.45. The van der Waals surface area contributed by atoms with Gasteiger partial charge in [-0.05, 0) is 18.3 Å². The van der Waals surface area contributed by atoms with E-state index in [0.717, 1.165) is 12.8 Å². The van der Waals surface area contributed by atoms with Gasteiger partial charge in [0.15, 0.2) is 0 Å². The van der Waals surface area contributed by atoms with Crippen molar-refractivity contribution in [1.29, 1.82) is 0 Å². The molecule has 0 aliphatic carbocycles. The van der Waals surface area contributed by atoms with Gasteiger partial charge in [0, 0.05) is 52.5 Å². The molecular weight excluding hydrogens is 344 g/mol. The minimum atomic E-state index is -3.21. The molecule has 9 heteroatoms. The van der Waals surface area contributed by atoms with Crippen LogP contribution in [0.4, 0.5) is 0 Å². The van der Waals surface area contributed by atoms with Gasteiger partial charge in [0.05, 0.1) is 24.6 Å². The largest absolute Gasteiger partial charge is 0.384 e. The number of aryl methyl sites for hydroxylation is 1. The van der Waals surface area contributed by atoms with E-state index in [1.165, 1.54) is 6.26 Å². The molecule has 1 aromatic heterocycles. The highest BCUT2D eigenvalue weighted by Crippen LogP contribution is 2.45. The van der Waals surface area contributed by atoms with Gasteiger partial charge in [0.2, 0.25) is 10.0 Å². The van der Waals surface area contributed by atoms with Gasteiger partial charge in [0.1, 0.15) is 0 Å². The normalized spacial score (nSPS) is 24.1. The molecule has 3 rings (SSSR count). The third-order valence-electron chi connectivity index (χ3n) is 5.62. The number of aromatic nitrogens is 2. The maximum Gasteiger partial charge on any atom is 0.257 e. The molecular formula is C16H26N4O4S. The highest BCUT2D eigenvalue weighted by atomic mass is 32.2. The van der Waals surface area contributed by atoms with Crippen molar-refractivity contribution in [3.63, 3.8) is 0 Å². The summed E-state index contributed by atoms with van der Waals surface area (Å²) in [5.41, 5.74) is 0.487. The van der Waals surface area contributed by atoms with Crippen LogP contribution in [0.1, 0.15) is 23.2 Å². The zero-order valence-corrected chi connectivity index (χ0v) is 15.8. The molecule has 1 aromatic rings. The Labute approximate surface area is 148 Å². The Morgan fingerprint density at radius 1 is 1.40 bits per heavy atom. The van der Waals surface area contributed by atoms with Crippen LogP contribution in [0.5, 0.6) is 0 Å². The van der Waals surface area contributed by atoms with Crippen LogP contribution in [0, 0.1) is 11.3 Å². The summed E-state index contributed by atoms with van der Waals surface area (Å²) in [5, 5.41) is 4.06. The number of carbonyl (C=O) groups is 1. The molecule has 0 saturated carbocycles. The van der Waals surface area contributed by atoms with Crippen LogP contribution < -0.4 is 0 Å². The van der Waals surface area contributed by atoms with Gasteiger partial charge in [-0.3, -0.25) is 9.48 Å². The average molecular weight is 370 g/mol. The van der Waals surface area contributed by atoms with Crippen molar-refractivity contribution in [3.05, 3.63) is 18.0 Å². The lowest BCUT2D eigenvalue weighted by molar-refractivity contribution is 0.0327. The molecule has 2 aliphatic rings. The summed E-state index contributed by atoms with van der Waals surface area (Å²) < 4.78 is 32.5. The summed E-state index contributed by atoms with van der Waals surface area (Å²) in [6.07, 6.45) is 6.15. The second kappa shape index (κ2) is 6.69. The summed E-state index contributed by atoms with van der Waals surface area (Å²) in [7, 11) is 0.225. The number of hydrogen-bond donors (Lipinski definition) is 0. The average Bonchev–Trinajstić information content (AvgIpc) is 3.13. The van der Waals surface area contributed by atoms with Gasteiger partial charge in [0.25, 0.3) is 5.91 Å². The number of sulfonamides is 1. The summed E-state index contributed by atoms with van der Waals surface area (Å²) in [6.45, 7) is 2.83. The Kier molecular flexibility index (Phi) is 4.91. The van der Waals surface area contributed by atoms with E-state index < -0.39 is 10.0 Å². The molecule has 2 saturated heterocycles. The van der Waals surface area contributed by atoms with E-state index in [2.05, 4.69) is 5.10 Å². The quantitative estimate of drug-likeness (QED) is 0.755. The van der Waals surface area contributed by atoms with Gasteiger partial charge in [-0.15, -0.1) is 0 Å². The Bertz CT molecular complexity index is 737. The highest BCUT2D eigenvalue weighted by Gasteiger charge is 2.50. The molecule has 0 bridgehead atoms. The Morgan fingerprint density at radius 3 is 2.60 bits per heavy atom. The van der Waals surface area contributed by atoms with Gasteiger partial charge in [-0.25, -0.2) is 12.7 Å². The Balaban J connectivity index is 1.71. The van der Waals surface area contributed by atoms with Crippen molar-refractivity contribution in [1.82, 2.24) is 19.0 Å². The summed E-state index contributed by atoms with van der Waals surface area (Å²) in [5.74, 6) is 0.159. The number of rotatable bonds is 4. The molecule has 1 unspecified atom stereocenters. The predicted molar refractivity (Wildman–Crippen MR) is 92.6 cm³/mol. The fourth-order valence-electron chi connectivity index (χ4n) is 4.10. The van der Waals surface area contributed by atoms with E-state index in [1.54, 1.807) is 35.5 Å². The number of methoxy groups -OCH3 is 1. The van der Waals surface area contributed by atoms with Crippen LogP contribution in [-0.4, -0.2) is 79.5 Å². The molecule has 1 spiro atoms. The van der Waals surface area contributed by atoms with Gasteiger partial charge in [-0.1, -0.05) is 0 Å². The van der Waals surface area contributed by atoms with Crippen molar-refractivity contribution in [2.24, 2.45) is 18.4 Å². The molecule has 2 aliphatic heterocycles. The first-order valence-corrected chi connectivity index (χ1v) is 10.3. The van der Waals surface area contributed by atoms with Crippen molar-refractivity contribution >= 4 is 15.9 Å². The predicted octanol–water partition coefficient (Wildman–Crippen LogP) is 0.180. The number of hydrogen-bond acceptors (Lipinski definition) is 5. The third kappa shape index (κ3) is 3.58. The molecule has 25 heavy (non-hydrogen) atoms. The summed E-state index contributed by atoms with van der Waals surface area (Å²) >= 11 is 0. The number of nitrogens with zero attached hydrogens (tertiary/aromatic N) is 4. The number of amides is 1. The van der Waals surface area contributed by atoms with E-state index >= 15 is 0 Å². The van der Waals surface area contributed by atoms with Crippen molar-refractivity contribution in [2.45, 2.75) is 12.8 Å². The van der Waals surface area contributed by atoms with Crippen molar-refractivity contribution in [3.8, 4) is 0 Å². The molecule has 0 aromatic carbocycles. The first kappa shape index (κ1) is 18.3. The number of carbonyl (C=O) groups excluding carboxylic acids is 1. The molecule has 8 nitrogen and oxygen atoms in total. The Morgan fingerprint density at radius 2 is 2.08 bits per heavy atom. The van der Waals surface area contributed by atoms with E-state index in [0.29, 0.717) is 38.3 Å². The molecule has 140 valence electrons. The fourth-order valence-corrected chi connectivity index (χ4v) is 5.05. The maximum atomic E-state index is 12.6. The zero-order valence-electron chi connectivity index (χ0n) is 15.0. The van der Waals surface area contributed by atoms with Crippen LogP contribution in [0.25, 0.3) is 0 Å². The first-order valence-electron chi connectivity index (χ1n) is 8.47. The molecule has 2 fully saturated rings. The van der Waals surface area contributed by atoms with E-state index in [9.17, 15) is 13.2 Å². The third-order valence-corrected chi connectivity index (χ3v) is 6.83. The topological polar surface area (TPSA) is 84.7 Å². The lowest BCUT2D eigenvalue weighted by Gasteiger charge is -2.42. The molecule has 1 atom stereocenters. The monoisotopic (exact) mass is 370 g/mol. The van der Waals surface area contributed by atoms with Crippen molar-refractivity contribution in [2.75, 3.05) is 46.2 Å². The lowest BCUT2D eigenvalue weighted by atomic mass is 9.71. The summed E-state index contributed by atoms with van der Waals surface area (Å²) in [6, 6.07) is 0. The van der Waals surface area contributed by atoms with E-state index in [-0.39, 0.29) is 17.2 Å². The van der Waals surface area contributed by atoms with Gasteiger partial charge < -0.3 is 9.64 Å².